The van der Waals surface area contributed by atoms with Crippen molar-refractivity contribution in [2.24, 2.45) is 0 Å². The van der Waals surface area contributed by atoms with E-state index in [1.807, 2.05) is 0 Å². The second-order valence-electron chi connectivity index (χ2n) is 6.73. The van der Waals surface area contributed by atoms with E-state index in [9.17, 15) is 32.1 Å². The molecule has 0 bridgehead atoms. The van der Waals surface area contributed by atoms with Crippen molar-refractivity contribution in [1.29, 1.82) is 0 Å². The third-order valence-corrected chi connectivity index (χ3v) is 6.69. The lowest BCUT2D eigenvalue weighted by Gasteiger charge is -2.33. The van der Waals surface area contributed by atoms with Crippen molar-refractivity contribution in [3.63, 3.8) is 0 Å². The number of alkyl halides is 2. The van der Waals surface area contributed by atoms with Gasteiger partial charge in [0.1, 0.15) is 5.75 Å². The van der Waals surface area contributed by atoms with Gasteiger partial charge in [-0.15, -0.1) is 0 Å². The van der Waals surface area contributed by atoms with Crippen molar-refractivity contribution < 1.29 is 31.7 Å². The number of hydrogen-bond acceptors (Lipinski definition) is 6. The van der Waals surface area contributed by atoms with Crippen LogP contribution in [0.2, 0.25) is 0 Å². The average Bonchev–Trinajstić information content (AvgIpc) is 2.78. The Bertz CT molecular complexity index is 1110. The third-order valence-electron chi connectivity index (χ3n) is 4.78. The van der Waals surface area contributed by atoms with Crippen molar-refractivity contribution in [3.8, 4) is 5.75 Å². The number of halogens is 2. The fourth-order valence-corrected chi connectivity index (χ4v) is 4.55. The molecule has 2 aromatic carbocycles. The summed E-state index contributed by atoms with van der Waals surface area (Å²) in [6.07, 6.45) is 2.58. The fourth-order valence-electron chi connectivity index (χ4n) is 3.13. The van der Waals surface area contributed by atoms with Crippen LogP contribution in [0.25, 0.3) is 6.08 Å². The van der Waals surface area contributed by atoms with E-state index < -0.39 is 27.5 Å². The zero-order valence-electron chi connectivity index (χ0n) is 16.6. The largest absolute Gasteiger partial charge is 0.434 e. The molecule has 0 radical (unpaired) electrons. The summed E-state index contributed by atoms with van der Waals surface area (Å²) in [6.45, 7) is -2.64. The monoisotopic (exact) mass is 467 g/mol. The van der Waals surface area contributed by atoms with Gasteiger partial charge in [-0.25, -0.2) is 8.42 Å². The van der Waals surface area contributed by atoms with Crippen LogP contribution in [0.3, 0.4) is 0 Å². The Balaban J connectivity index is 1.62. The van der Waals surface area contributed by atoms with Gasteiger partial charge in [0.05, 0.1) is 9.82 Å². The minimum atomic E-state index is -3.86. The molecule has 2 aromatic rings. The number of nitro groups is 1. The van der Waals surface area contributed by atoms with Gasteiger partial charge in [-0.1, -0.05) is 18.2 Å². The Morgan fingerprint density at radius 2 is 1.69 bits per heavy atom. The van der Waals surface area contributed by atoms with Gasteiger partial charge in [0, 0.05) is 50.0 Å². The Kier molecular flexibility index (Phi) is 7.15. The second-order valence-corrected chi connectivity index (χ2v) is 8.67. The number of rotatable bonds is 7. The number of non-ortho nitro benzene ring substituents is 1. The first-order valence-corrected chi connectivity index (χ1v) is 10.9. The van der Waals surface area contributed by atoms with E-state index in [-0.39, 0.29) is 42.5 Å². The third kappa shape index (κ3) is 5.45. The fraction of sp³-hybridized carbons (Fsp3) is 0.250. The van der Waals surface area contributed by atoms with Crippen LogP contribution in [-0.4, -0.2) is 61.2 Å². The van der Waals surface area contributed by atoms with Gasteiger partial charge >= 0.3 is 6.61 Å². The summed E-state index contributed by atoms with van der Waals surface area (Å²) in [4.78, 5) is 23.9. The normalized spacial score (nSPS) is 15.3. The predicted molar refractivity (Wildman–Crippen MR) is 111 cm³/mol. The van der Waals surface area contributed by atoms with Crippen LogP contribution in [0.1, 0.15) is 5.56 Å². The molecule has 1 heterocycles. The molecule has 1 aliphatic heterocycles. The number of hydrogen-bond donors (Lipinski definition) is 0. The summed E-state index contributed by atoms with van der Waals surface area (Å²) in [5, 5.41) is 10.7. The van der Waals surface area contributed by atoms with Crippen LogP contribution < -0.4 is 4.74 Å². The molecule has 0 spiro atoms. The quantitative estimate of drug-likeness (QED) is 0.352. The minimum absolute atomic E-state index is 0.0456. The Labute approximate surface area is 182 Å². The Morgan fingerprint density at radius 1 is 1.06 bits per heavy atom. The summed E-state index contributed by atoms with van der Waals surface area (Å²) in [6, 6.07) is 10.6. The Morgan fingerprint density at radius 3 is 2.28 bits per heavy atom. The molecule has 0 unspecified atom stereocenters. The number of sulfonamides is 1. The standard InChI is InChI=1S/C20H19F2N3O6S/c21-20(22)31-18-4-2-1-3-15(18)5-10-19(26)23-11-13-24(14-12-23)32(29,30)17-8-6-16(7-9-17)25(27)28/h1-10,20H,11-14H2/b10-5+. The smallest absolute Gasteiger partial charge is 0.387 e. The van der Waals surface area contributed by atoms with Gasteiger partial charge in [0.2, 0.25) is 15.9 Å². The molecule has 1 fully saturated rings. The lowest BCUT2D eigenvalue weighted by molar-refractivity contribution is -0.384. The van der Waals surface area contributed by atoms with E-state index in [0.717, 1.165) is 12.1 Å². The van der Waals surface area contributed by atoms with Crippen molar-refractivity contribution in [2.75, 3.05) is 26.2 Å². The first kappa shape index (κ1) is 23.3. The molecular formula is C20H19F2N3O6S. The highest BCUT2D eigenvalue weighted by molar-refractivity contribution is 7.89. The zero-order valence-corrected chi connectivity index (χ0v) is 17.5. The van der Waals surface area contributed by atoms with Crippen molar-refractivity contribution in [2.45, 2.75) is 11.5 Å². The summed E-state index contributed by atoms with van der Waals surface area (Å²) >= 11 is 0. The minimum Gasteiger partial charge on any atom is -0.434 e. The summed E-state index contributed by atoms with van der Waals surface area (Å²) in [7, 11) is -3.86. The highest BCUT2D eigenvalue weighted by atomic mass is 32.2. The molecule has 9 nitrogen and oxygen atoms in total. The molecule has 1 aliphatic rings. The molecule has 1 amide bonds. The summed E-state index contributed by atoms with van der Waals surface area (Å²) in [5.74, 6) is -0.463. The van der Waals surface area contributed by atoms with Crippen LogP contribution in [-0.2, 0) is 14.8 Å². The number of ether oxygens (including phenoxy) is 1. The van der Waals surface area contributed by atoms with E-state index in [1.165, 1.54) is 51.7 Å². The zero-order chi connectivity index (χ0) is 23.3. The first-order chi connectivity index (χ1) is 15.2. The highest BCUT2D eigenvalue weighted by Crippen LogP contribution is 2.23. The predicted octanol–water partition coefficient (Wildman–Crippen LogP) is 2.74. The molecular weight excluding hydrogens is 448 g/mol. The van der Waals surface area contributed by atoms with Crippen molar-refractivity contribution in [3.05, 3.63) is 70.3 Å². The van der Waals surface area contributed by atoms with Crippen LogP contribution in [0, 0.1) is 10.1 Å². The molecule has 1 saturated heterocycles. The number of nitrogens with zero attached hydrogens (tertiary/aromatic N) is 3. The molecule has 12 heteroatoms. The lowest BCUT2D eigenvalue weighted by atomic mass is 10.2. The van der Waals surface area contributed by atoms with Gasteiger partial charge in [-0.3, -0.25) is 14.9 Å². The van der Waals surface area contributed by atoms with E-state index in [4.69, 9.17) is 0 Å². The summed E-state index contributed by atoms with van der Waals surface area (Å²) in [5.41, 5.74) is 0.0900. The number of carbonyl (C=O) groups is 1. The van der Waals surface area contributed by atoms with Crippen LogP contribution in [0.15, 0.2) is 59.5 Å². The summed E-state index contributed by atoms with van der Waals surface area (Å²) < 4.78 is 56.1. The number of benzene rings is 2. The second kappa shape index (κ2) is 9.83. The molecule has 0 N–H and O–H groups in total. The first-order valence-electron chi connectivity index (χ1n) is 9.44. The van der Waals surface area contributed by atoms with Gasteiger partial charge < -0.3 is 9.64 Å². The van der Waals surface area contributed by atoms with E-state index in [2.05, 4.69) is 4.74 Å². The van der Waals surface area contributed by atoms with Crippen molar-refractivity contribution >= 4 is 27.7 Å². The number of amides is 1. The highest BCUT2D eigenvalue weighted by Gasteiger charge is 2.30. The number of piperazine rings is 1. The lowest BCUT2D eigenvalue weighted by Crippen LogP contribution is -2.50. The number of nitro benzene ring substituents is 1. The molecule has 0 aromatic heterocycles. The maximum absolute atomic E-state index is 12.7. The number of para-hydroxylation sites is 1. The van der Waals surface area contributed by atoms with Crippen LogP contribution in [0.5, 0.6) is 5.75 Å². The van der Waals surface area contributed by atoms with Crippen LogP contribution >= 0.6 is 0 Å². The number of carbonyl (C=O) groups excluding carboxylic acids is 1. The van der Waals surface area contributed by atoms with Gasteiger partial charge in [0.15, 0.2) is 0 Å². The molecule has 3 rings (SSSR count). The SMILES string of the molecule is O=C(/C=C/c1ccccc1OC(F)F)N1CCN(S(=O)(=O)c2ccc([N+](=O)[O-])cc2)CC1. The van der Waals surface area contributed by atoms with E-state index in [1.54, 1.807) is 6.07 Å². The maximum Gasteiger partial charge on any atom is 0.387 e. The van der Waals surface area contributed by atoms with Crippen LogP contribution in [0.4, 0.5) is 14.5 Å². The molecule has 0 saturated carbocycles. The Hall–Kier alpha value is -3.38. The van der Waals surface area contributed by atoms with Gasteiger partial charge in [0.25, 0.3) is 5.69 Å². The van der Waals surface area contributed by atoms with E-state index >= 15 is 0 Å². The van der Waals surface area contributed by atoms with Gasteiger partial charge in [-0.2, -0.15) is 13.1 Å². The average molecular weight is 467 g/mol. The van der Waals surface area contributed by atoms with Gasteiger partial charge in [-0.05, 0) is 24.3 Å². The molecule has 32 heavy (non-hydrogen) atoms. The van der Waals surface area contributed by atoms with Crippen molar-refractivity contribution in [1.82, 2.24) is 9.21 Å². The topological polar surface area (TPSA) is 110 Å². The van der Waals surface area contributed by atoms with E-state index in [0.29, 0.717) is 5.56 Å². The maximum atomic E-state index is 12.7. The molecule has 0 atom stereocenters. The molecule has 0 aliphatic carbocycles. The molecule has 170 valence electrons.